The predicted octanol–water partition coefficient (Wildman–Crippen LogP) is 4.48. The Hall–Kier alpha value is -1.35. The highest BCUT2D eigenvalue weighted by atomic mass is 32.1. The molecule has 2 heterocycles. The Kier molecular flexibility index (Phi) is 6.06. The first-order valence-electron chi connectivity index (χ1n) is 7.28. The van der Waals surface area contributed by atoms with E-state index in [0.717, 1.165) is 23.6 Å². The summed E-state index contributed by atoms with van der Waals surface area (Å²) < 4.78 is 0. The highest BCUT2D eigenvalue weighted by Crippen LogP contribution is 2.15. The summed E-state index contributed by atoms with van der Waals surface area (Å²) in [6, 6.07) is 8.33. The van der Waals surface area contributed by atoms with Crippen molar-refractivity contribution in [2.24, 2.45) is 0 Å². The molecule has 0 fully saturated rings. The number of nitrogens with zero attached hydrogens (tertiary/aromatic N) is 2. The molecule has 3 heteroatoms. The van der Waals surface area contributed by atoms with Crippen molar-refractivity contribution in [2.75, 3.05) is 5.75 Å². The first-order chi connectivity index (χ1) is 9.79. The van der Waals surface area contributed by atoms with Crippen molar-refractivity contribution in [3.05, 3.63) is 47.8 Å². The number of pyridine rings is 2. The first-order valence-corrected chi connectivity index (χ1v) is 7.91. The highest BCUT2D eigenvalue weighted by Gasteiger charge is 2.01. The standard InChI is InChI=1S/C17H22N2S/c1-14-7-9-16(18-12-14)17-10-8-15(13-19-17)6-4-2-3-5-11-20/h7-10,12-13,20H,2-6,11H2,1H3. The van der Waals surface area contributed by atoms with Crippen molar-refractivity contribution in [3.8, 4) is 11.4 Å². The summed E-state index contributed by atoms with van der Waals surface area (Å²) in [6.45, 7) is 2.04. The summed E-state index contributed by atoms with van der Waals surface area (Å²) in [5, 5.41) is 0. The lowest BCUT2D eigenvalue weighted by Crippen LogP contribution is -1.91. The third-order valence-corrected chi connectivity index (χ3v) is 3.69. The number of unbranched alkanes of at least 4 members (excludes halogenated alkanes) is 3. The van der Waals surface area contributed by atoms with Crippen LogP contribution >= 0.6 is 12.6 Å². The predicted molar refractivity (Wildman–Crippen MR) is 88.2 cm³/mol. The van der Waals surface area contributed by atoms with Crippen LogP contribution in [0, 0.1) is 6.92 Å². The van der Waals surface area contributed by atoms with Gasteiger partial charge < -0.3 is 0 Å². The molecule has 0 saturated carbocycles. The van der Waals surface area contributed by atoms with E-state index in [-0.39, 0.29) is 0 Å². The molecule has 0 spiro atoms. The van der Waals surface area contributed by atoms with Crippen LogP contribution in [0.25, 0.3) is 11.4 Å². The molecule has 106 valence electrons. The molecule has 0 aliphatic rings. The van der Waals surface area contributed by atoms with Crippen LogP contribution in [0.2, 0.25) is 0 Å². The van der Waals surface area contributed by atoms with Crippen molar-refractivity contribution < 1.29 is 0 Å². The second-order valence-electron chi connectivity index (χ2n) is 5.16. The minimum atomic E-state index is 0.941. The molecule has 0 N–H and O–H groups in total. The van der Waals surface area contributed by atoms with Gasteiger partial charge in [-0.25, -0.2) is 0 Å². The van der Waals surface area contributed by atoms with Crippen LogP contribution in [0.3, 0.4) is 0 Å². The van der Waals surface area contributed by atoms with Gasteiger partial charge in [0, 0.05) is 12.4 Å². The fourth-order valence-corrected chi connectivity index (χ4v) is 2.36. The summed E-state index contributed by atoms with van der Waals surface area (Å²) >= 11 is 4.23. The summed E-state index contributed by atoms with van der Waals surface area (Å²) in [6.07, 6.45) is 9.99. The fourth-order valence-electron chi connectivity index (χ4n) is 2.14. The minimum absolute atomic E-state index is 0.941. The molecule has 20 heavy (non-hydrogen) atoms. The smallest absolute Gasteiger partial charge is 0.0886 e. The molecule has 0 saturated heterocycles. The second-order valence-corrected chi connectivity index (χ2v) is 5.61. The van der Waals surface area contributed by atoms with E-state index in [1.54, 1.807) is 0 Å². The molecule has 0 aliphatic carbocycles. The van der Waals surface area contributed by atoms with E-state index in [1.165, 1.54) is 36.8 Å². The van der Waals surface area contributed by atoms with Crippen LogP contribution in [0.1, 0.15) is 36.8 Å². The van der Waals surface area contributed by atoms with Gasteiger partial charge in [-0.3, -0.25) is 9.97 Å². The van der Waals surface area contributed by atoms with Crippen molar-refractivity contribution >= 4 is 12.6 Å². The van der Waals surface area contributed by atoms with Crippen LogP contribution in [0.5, 0.6) is 0 Å². The number of hydrogen-bond donors (Lipinski definition) is 1. The summed E-state index contributed by atoms with van der Waals surface area (Å²) in [5.41, 5.74) is 4.37. The maximum absolute atomic E-state index is 4.52. The molecule has 0 unspecified atom stereocenters. The molecule has 0 amide bonds. The van der Waals surface area contributed by atoms with Crippen molar-refractivity contribution in [1.29, 1.82) is 0 Å². The van der Waals surface area contributed by atoms with Gasteiger partial charge in [0.05, 0.1) is 11.4 Å². The van der Waals surface area contributed by atoms with Crippen LogP contribution in [-0.4, -0.2) is 15.7 Å². The Bertz CT molecular complexity index is 506. The van der Waals surface area contributed by atoms with E-state index >= 15 is 0 Å². The Labute approximate surface area is 127 Å². The third kappa shape index (κ3) is 4.64. The van der Waals surface area contributed by atoms with Crippen LogP contribution in [0.15, 0.2) is 36.7 Å². The molecule has 0 aliphatic heterocycles. The molecule has 2 rings (SSSR count). The van der Waals surface area contributed by atoms with E-state index in [1.807, 2.05) is 25.4 Å². The molecule has 2 aromatic rings. The Morgan fingerprint density at radius 3 is 2.15 bits per heavy atom. The lowest BCUT2D eigenvalue weighted by atomic mass is 10.1. The van der Waals surface area contributed by atoms with Gasteiger partial charge >= 0.3 is 0 Å². The Balaban J connectivity index is 1.88. The van der Waals surface area contributed by atoms with Gasteiger partial charge in [-0.1, -0.05) is 25.0 Å². The zero-order chi connectivity index (χ0) is 14.2. The number of thiol groups is 1. The van der Waals surface area contributed by atoms with Gasteiger partial charge in [-0.15, -0.1) is 0 Å². The highest BCUT2D eigenvalue weighted by molar-refractivity contribution is 7.80. The second kappa shape index (κ2) is 8.05. The first kappa shape index (κ1) is 15.0. The quantitative estimate of drug-likeness (QED) is 0.599. The maximum Gasteiger partial charge on any atom is 0.0886 e. The number of rotatable bonds is 7. The maximum atomic E-state index is 4.52. The third-order valence-electron chi connectivity index (χ3n) is 3.37. The zero-order valence-electron chi connectivity index (χ0n) is 12.0. The molecule has 0 atom stereocenters. The number of hydrogen-bond acceptors (Lipinski definition) is 3. The molecule has 0 aromatic carbocycles. The number of aromatic nitrogens is 2. The number of aryl methyl sites for hydroxylation is 2. The van der Waals surface area contributed by atoms with Gasteiger partial charge in [0.2, 0.25) is 0 Å². The van der Waals surface area contributed by atoms with Gasteiger partial charge in [0.1, 0.15) is 0 Å². The molecular formula is C17H22N2S. The van der Waals surface area contributed by atoms with Gasteiger partial charge in [-0.2, -0.15) is 12.6 Å². The average Bonchev–Trinajstić information content (AvgIpc) is 2.49. The lowest BCUT2D eigenvalue weighted by Gasteiger charge is -2.04. The Morgan fingerprint density at radius 1 is 0.850 bits per heavy atom. The molecule has 2 nitrogen and oxygen atoms in total. The molecule has 0 bridgehead atoms. The largest absolute Gasteiger partial charge is 0.254 e. The van der Waals surface area contributed by atoms with Crippen LogP contribution in [0.4, 0.5) is 0 Å². The minimum Gasteiger partial charge on any atom is -0.254 e. The summed E-state index contributed by atoms with van der Waals surface area (Å²) in [7, 11) is 0. The molecular weight excluding hydrogens is 264 g/mol. The monoisotopic (exact) mass is 286 g/mol. The van der Waals surface area contributed by atoms with E-state index < -0.39 is 0 Å². The summed E-state index contributed by atoms with van der Waals surface area (Å²) in [5.74, 6) is 1.000. The van der Waals surface area contributed by atoms with E-state index in [2.05, 4.69) is 40.8 Å². The fraction of sp³-hybridized carbons (Fsp3) is 0.412. The Morgan fingerprint density at radius 2 is 1.55 bits per heavy atom. The van der Waals surface area contributed by atoms with Crippen molar-refractivity contribution in [2.45, 2.75) is 39.0 Å². The average molecular weight is 286 g/mol. The van der Waals surface area contributed by atoms with Gasteiger partial charge in [-0.05, 0) is 55.2 Å². The van der Waals surface area contributed by atoms with Crippen LogP contribution in [-0.2, 0) is 6.42 Å². The van der Waals surface area contributed by atoms with Crippen LogP contribution < -0.4 is 0 Å². The van der Waals surface area contributed by atoms with Crippen molar-refractivity contribution in [3.63, 3.8) is 0 Å². The van der Waals surface area contributed by atoms with E-state index in [9.17, 15) is 0 Å². The summed E-state index contributed by atoms with van der Waals surface area (Å²) in [4.78, 5) is 8.92. The van der Waals surface area contributed by atoms with E-state index in [0.29, 0.717) is 0 Å². The SMILES string of the molecule is Cc1ccc(-c2ccc(CCCCCCS)cn2)nc1. The van der Waals surface area contributed by atoms with Crippen molar-refractivity contribution in [1.82, 2.24) is 9.97 Å². The molecule has 0 radical (unpaired) electrons. The van der Waals surface area contributed by atoms with E-state index in [4.69, 9.17) is 0 Å². The zero-order valence-corrected chi connectivity index (χ0v) is 12.9. The van der Waals surface area contributed by atoms with Gasteiger partial charge in [0.25, 0.3) is 0 Å². The normalized spacial score (nSPS) is 10.7. The lowest BCUT2D eigenvalue weighted by molar-refractivity contribution is 0.670. The molecule has 2 aromatic heterocycles. The topological polar surface area (TPSA) is 25.8 Å². The van der Waals surface area contributed by atoms with Gasteiger partial charge in [0.15, 0.2) is 0 Å².